The molecule has 2 aromatic rings. The van der Waals surface area contributed by atoms with Crippen LogP contribution in [-0.4, -0.2) is 16.9 Å². The summed E-state index contributed by atoms with van der Waals surface area (Å²) in [5.74, 6) is -0.202. The van der Waals surface area contributed by atoms with Crippen LogP contribution in [0.5, 0.6) is 0 Å². The van der Waals surface area contributed by atoms with Crippen LogP contribution in [0.3, 0.4) is 0 Å². The summed E-state index contributed by atoms with van der Waals surface area (Å²) in [6, 6.07) is 3.92. The van der Waals surface area contributed by atoms with Gasteiger partial charge in [0.2, 0.25) is 5.43 Å². The van der Waals surface area contributed by atoms with Gasteiger partial charge < -0.3 is 10.3 Å². The van der Waals surface area contributed by atoms with Gasteiger partial charge in [-0.25, -0.2) is 4.39 Å². The highest BCUT2D eigenvalue weighted by molar-refractivity contribution is 6.17. The lowest BCUT2D eigenvalue weighted by Crippen LogP contribution is -2.40. The number of aromatic nitrogens is 1. The molecule has 2 N–H and O–H groups in total. The molecule has 24 heavy (non-hydrogen) atoms. The normalized spacial score (nSPS) is 21.0. The molecule has 0 bridgehead atoms. The van der Waals surface area contributed by atoms with Gasteiger partial charge in [0.1, 0.15) is 11.4 Å². The number of fused-ring (bicyclic) bond motifs is 1. The van der Waals surface area contributed by atoms with E-state index in [-0.39, 0.29) is 22.9 Å². The molecule has 4 nitrogen and oxygen atoms in total. The van der Waals surface area contributed by atoms with Crippen molar-refractivity contribution in [1.29, 1.82) is 0 Å². The predicted molar refractivity (Wildman–Crippen MR) is 93.0 cm³/mol. The van der Waals surface area contributed by atoms with Gasteiger partial charge >= 0.3 is 0 Å². The quantitative estimate of drug-likeness (QED) is 0.829. The minimum Gasteiger partial charge on any atom is -0.356 e. The number of aromatic amines is 1. The Morgan fingerprint density at radius 3 is 2.71 bits per heavy atom. The minimum absolute atomic E-state index is 0.0217. The molecular formula is C18H20ClFN2O2. The Morgan fingerprint density at radius 1 is 1.33 bits per heavy atom. The van der Waals surface area contributed by atoms with Crippen molar-refractivity contribution >= 4 is 28.4 Å². The maximum Gasteiger partial charge on any atom is 0.257 e. The van der Waals surface area contributed by atoms with Crippen LogP contribution in [0, 0.1) is 11.7 Å². The molecule has 128 valence electrons. The second-order valence-corrected chi connectivity index (χ2v) is 6.83. The average molecular weight is 351 g/mol. The molecule has 0 unspecified atom stereocenters. The summed E-state index contributed by atoms with van der Waals surface area (Å²) in [6.45, 7) is 2.21. The number of carbonyl (C=O) groups is 1. The van der Waals surface area contributed by atoms with E-state index in [2.05, 4.69) is 17.2 Å². The maximum absolute atomic E-state index is 13.4. The van der Waals surface area contributed by atoms with Crippen LogP contribution in [-0.2, 0) is 5.88 Å². The maximum atomic E-state index is 13.4. The van der Waals surface area contributed by atoms with E-state index in [0.717, 1.165) is 25.7 Å². The first kappa shape index (κ1) is 17.0. The standard InChI is InChI=1S/C18H20ClFN2O2/c1-10-2-5-12(6-3-10)21-18(24)16-15(9-19)22-14-8-11(20)4-7-13(14)17(16)23/h4,7-8,10,12H,2-3,5-6,9H2,1H3,(H,21,24)(H,22,23). The van der Waals surface area contributed by atoms with Crippen LogP contribution < -0.4 is 10.7 Å². The molecule has 0 atom stereocenters. The first-order valence-electron chi connectivity index (χ1n) is 8.21. The molecular weight excluding hydrogens is 331 g/mol. The third-order valence-corrected chi connectivity index (χ3v) is 5.02. The smallest absolute Gasteiger partial charge is 0.257 e. The number of hydrogen-bond donors (Lipinski definition) is 2. The zero-order valence-electron chi connectivity index (χ0n) is 13.5. The van der Waals surface area contributed by atoms with Gasteiger partial charge in [-0.1, -0.05) is 6.92 Å². The number of amides is 1. The van der Waals surface area contributed by atoms with Crippen molar-refractivity contribution in [3.8, 4) is 0 Å². The van der Waals surface area contributed by atoms with Gasteiger partial charge in [-0.05, 0) is 49.8 Å². The van der Waals surface area contributed by atoms with Crippen molar-refractivity contribution in [2.45, 2.75) is 44.5 Å². The molecule has 1 aromatic carbocycles. The fourth-order valence-electron chi connectivity index (χ4n) is 3.32. The summed E-state index contributed by atoms with van der Waals surface area (Å²) >= 11 is 5.91. The minimum atomic E-state index is -0.452. The summed E-state index contributed by atoms with van der Waals surface area (Å²) in [4.78, 5) is 28.3. The van der Waals surface area contributed by atoms with Gasteiger partial charge in [0.25, 0.3) is 5.91 Å². The van der Waals surface area contributed by atoms with Crippen LogP contribution in [0.1, 0.15) is 48.7 Å². The number of benzene rings is 1. The third kappa shape index (κ3) is 3.31. The molecule has 6 heteroatoms. The van der Waals surface area contributed by atoms with Gasteiger partial charge in [0, 0.05) is 17.1 Å². The monoisotopic (exact) mass is 350 g/mol. The van der Waals surface area contributed by atoms with Crippen LogP contribution in [0.25, 0.3) is 10.9 Å². The van der Waals surface area contributed by atoms with Crippen molar-refractivity contribution in [2.24, 2.45) is 5.92 Å². The van der Waals surface area contributed by atoms with Crippen molar-refractivity contribution in [3.05, 3.63) is 45.5 Å². The lowest BCUT2D eigenvalue weighted by molar-refractivity contribution is 0.0921. The van der Waals surface area contributed by atoms with Crippen molar-refractivity contribution in [2.75, 3.05) is 0 Å². The molecule has 0 aliphatic heterocycles. The molecule has 1 heterocycles. The van der Waals surface area contributed by atoms with Crippen LogP contribution >= 0.6 is 11.6 Å². The summed E-state index contributed by atoms with van der Waals surface area (Å²) in [5.41, 5.74) is 0.281. The second-order valence-electron chi connectivity index (χ2n) is 6.56. The van der Waals surface area contributed by atoms with Crippen molar-refractivity contribution in [1.82, 2.24) is 10.3 Å². The summed E-state index contributed by atoms with van der Waals surface area (Å²) < 4.78 is 13.4. The van der Waals surface area contributed by atoms with Gasteiger partial charge in [0.05, 0.1) is 11.4 Å². The van der Waals surface area contributed by atoms with Crippen molar-refractivity contribution in [3.63, 3.8) is 0 Å². The molecule has 1 fully saturated rings. The van der Waals surface area contributed by atoms with E-state index in [1.807, 2.05) is 0 Å². The summed E-state index contributed by atoms with van der Waals surface area (Å²) in [6.07, 6.45) is 3.97. The number of rotatable bonds is 3. The lowest BCUT2D eigenvalue weighted by atomic mass is 9.87. The Morgan fingerprint density at radius 2 is 2.04 bits per heavy atom. The number of carbonyl (C=O) groups excluding carboxylic acids is 1. The first-order valence-corrected chi connectivity index (χ1v) is 8.74. The summed E-state index contributed by atoms with van der Waals surface area (Å²) in [7, 11) is 0. The largest absolute Gasteiger partial charge is 0.356 e. The summed E-state index contributed by atoms with van der Waals surface area (Å²) in [5, 5.41) is 3.24. The Labute approximate surface area is 144 Å². The topological polar surface area (TPSA) is 62.0 Å². The van der Waals surface area contributed by atoms with E-state index in [0.29, 0.717) is 17.1 Å². The van der Waals surface area contributed by atoms with Crippen molar-refractivity contribution < 1.29 is 9.18 Å². The van der Waals surface area contributed by atoms with Gasteiger partial charge in [0.15, 0.2) is 0 Å². The Hall–Kier alpha value is -1.88. The van der Waals surface area contributed by atoms with Crippen LogP contribution in [0.2, 0.25) is 0 Å². The fraction of sp³-hybridized carbons (Fsp3) is 0.444. The molecule has 1 saturated carbocycles. The molecule has 0 spiro atoms. The number of pyridine rings is 1. The molecule has 1 aliphatic carbocycles. The van der Waals surface area contributed by atoms with E-state index in [9.17, 15) is 14.0 Å². The molecule has 0 saturated heterocycles. The zero-order chi connectivity index (χ0) is 17.3. The van der Waals surface area contributed by atoms with E-state index < -0.39 is 17.2 Å². The van der Waals surface area contributed by atoms with Crippen LogP contribution in [0.4, 0.5) is 4.39 Å². The number of nitrogens with one attached hydrogen (secondary N) is 2. The van der Waals surface area contributed by atoms with Crippen LogP contribution in [0.15, 0.2) is 23.0 Å². The van der Waals surface area contributed by atoms with Gasteiger partial charge in [-0.3, -0.25) is 9.59 Å². The first-order chi connectivity index (χ1) is 11.5. The highest BCUT2D eigenvalue weighted by Crippen LogP contribution is 2.24. The third-order valence-electron chi connectivity index (χ3n) is 4.75. The zero-order valence-corrected chi connectivity index (χ0v) is 14.3. The molecule has 1 amide bonds. The lowest BCUT2D eigenvalue weighted by Gasteiger charge is -2.27. The molecule has 3 rings (SSSR count). The Kier molecular flexibility index (Phi) is 4.90. The molecule has 1 aliphatic rings. The van der Waals surface area contributed by atoms with E-state index in [4.69, 9.17) is 11.6 Å². The number of halogens is 2. The average Bonchev–Trinajstić information content (AvgIpc) is 2.56. The highest BCUT2D eigenvalue weighted by atomic mass is 35.5. The molecule has 1 aromatic heterocycles. The molecule has 0 radical (unpaired) electrons. The van der Waals surface area contributed by atoms with E-state index in [1.165, 1.54) is 18.2 Å². The fourth-order valence-corrected chi connectivity index (χ4v) is 3.52. The van der Waals surface area contributed by atoms with E-state index >= 15 is 0 Å². The number of alkyl halides is 1. The second kappa shape index (κ2) is 6.93. The SMILES string of the molecule is CC1CCC(NC(=O)c2c(CCl)[nH]c3cc(F)ccc3c2=O)CC1. The Balaban J connectivity index is 1.95. The number of H-pyrrole nitrogens is 1. The van der Waals surface area contributed by atoms with Gasteiger partial charge in [-0.2, -0.15) is 0 Å². The van der Waals surface area contributed by atoms with E-state index in [1.54, 1.807) is 0 Å². The number of hydrogen-bond acceptors (Lipinski definition) is 2. The predicted octanol–water partition coefficient (Wildman–Crippen LogP) is 3.71. The Bertz CT molecular complexity index is 826. The van der Waals surface area contributed by atoms with Gasteiger partial charge in [-0.15, -0.1) is 11.6 Å². The highest BCUT2D eigenvalue weighted by Gasteiger charge is 2.24.